The Morgan fingerprint density at radius 1 is 0.553 bits per heavy atom. The number of carbonyl (C=O) groups is 1. The van der Waals surface area contributed by atoms with Crippen LogP contribution >= 0.6 is 0 Å². The second-order valence-corrected chi connectivity index (χ2v) is 11.9. The summed E-state index contributed by atoms with van der Waals surface area (Å²) in [6.07, 6.45) is -32.5. The summed E-state index contributed by atoms with van der Waals surface area (Å²) in [6, 6.07) is -1.58. The zero-order chi connectivity index (χ0) is 34.9. The van der Waals surface area contributed by atoms with Crippen LogP contribution < -0.4 is 5.32 Å². The van der Waals surface area contributed by atoms with E-state index in [0.717, 1.165) is 6.92 Å². The standard InChI is InChI=1S/C26H45NO20/c1-6-12(32)17(37)22(23(40)41-6)47-26-19(39)21(15(35)10(5-30)44-26)46-24-11(27-7(2)31)20(14(34)9(4-29)42-24)45-25-18(38)16(36)13(33)8(3-28)43-25/h6,8-26,28-30,32-40H,3-5H2,1-2H3,(H,27,31)/t6-,8+,9+,10+,11+,12+,13-,14+,15-,16-,17+,18+,19+,20+,21-,22-,23?,24-,25-,26+/m0/s1. The highest BCUT2D eigenvalue weighted by molar-refractivity contribution is 5.73. The van der Waals surface area contributed by atoms with Crippen LogP contribution in [0.15, 0.2) is 0 Å². The summed E-state index contributed by atoms with van der Waals surface area (Å²) in [5.74, 6) is -0.750. The molecular formula is C26H45NO20. The Bertz CT molecular complexity index is 1010. The number of ether oxygens (including phenoxy) is 7. The number of hydrogen-bond acceptors (Lipinski definition) is 20. The molecule has 0 aliphatic carbocycles. The van der Waals surface area contributed by atoms with Crippen LogP contribution in [0, 0.1) is 0 Å². The molecule has 0 aromatic carbocycles. The quantitative estimate of drug-likeness (QED) is 0.101. The fraction of sp³-hybridized carbons (Fsp3) is 0.962. The SMILES string of the molecule is CC(=O)N[C@H]1[C@H](O[C@H]2[C@@H](O)[C@@H](CO)O[C@H](O[C@@H]3C(O)O[C@@H](C)[C@@H](O)[C@H]3O)[C@@H]2O)O[C@H](CO)[C@@H](O)[C@@H]1O[C@@H]1O[C@H](CO)[C@H](O)[C@H](O)[C@H]1O. The highest BCUT2D eigenvalue weighted by Gasteiger charge is 2.55. The summed E-state index contributed by atoms with van der Waals surface area (Å²) >= 11 is 0. The molecule has 1 amide bonds. The van der Waals surface area contributed by atoms with Crippen molar-refractivity contribution >= 4 is 5.91 Å². The van der Waals surface area contributed by atoms with E-state index in [9.17, 15) is 66.1 Å². The van der Waals surface area contributed by atoms with Gasteiger partial charge < -0.3 is 99.8 Å². The molecule has 0 saturated carbocycles. The number of rotatable bonds is 10. The van der Waals surface area contributed by atoms with Gasteiger partial charge in [-0.2, -0.15) is 0 Å². The zero-order valence-corrected chi connectivity index (χ0v) is 25.3. The third-order valence-electron chi connectivity index (χ3n) is 8.57. The summed E-state index contributed by atoms with van der Waals surface area (Å²) in [5.41, 5.74) is 0. The minimum Gasteiger partial charge on any atom is -0.394 e. The summed E-state index contributed by atoms with van der Waals surface area (Å²) in [6.45, 7) is -0.128. The van der Waals surface area contributed by atoms with Gasteiger partial charge in [-0.1, -0.05) is 0 Å². The summed E-state index contributed by atoms with van der Waals surface area (Å²) in [5, 5.41) is 127. The lowest BCUT2D eigenvalue weighted by molar-refractivity contribution is -0.382. The number of carbonyl (C=O) groups excluding carboxylic acids is 1. The summed E-state index contributed by atoms with van der Waals surface area (Å²) in [7, 11) is 0. The monoisotopic (exact) mass is 691 g/mol. The molecule has 47 heavy (non-hydrogen) atoms. The van der Waals surface area contributed by atoms with Crippen molar-refractivity contribution in [1.29, 1.82) is 0 Å². The lowest BCUT2D eigenvalue weighted by Crippen LogP contribution is -2.70. The van der Waals surface area contributed by atoms with Crippen molar-refractivity contribution in [3.05, 3.63) is 0 Å². The number of aliphatic hydroxyl groups excluding tert-OH is 12. The largest absolute Gasteiger partial charge is 0.394 e. The molecule has 4 saturated heterocycles. The van der Waals surface area contributed by atoms with Crippen molar-refractivity contribution < 1.29 is 99.2 Å². The average molecular weight is 692 g/mol. The van der Waals surface area contributed by atoms with Crippen LogP contribution in [0.2, 0.25) is 0 Å². The third kappa shape index (κ3) is 8.04. The van der Waals surface area contributed by atoms with Crippen LogP contribution in [-0.4, -0.2) is 210 Å². The Kier molecular flexibility index (Phi) is 13.2. The molecule has 0 aromatic rings. The van der Waals surface area contributed by atoms with Crippen LogP contribution in [0.1, 0.15) is 13.8 Å². The van der Waals surface area contributed by atoms with Gasteiger partial charge in [0.15, 0.2) is 25.2 Å². The maximum Gasteiger partial charge on any atom is 0.217 e. The number of amides is 1. The van der Waals surface area contributed by atoms with E-state index in [0.29, 0.717) is 0 Å². The van der Waals surface area contributed by atoms with Gasteiger partial charge in [0, 0.05) is 6.92 Å². The molecule has 4 fully saturated rings. The number of nitrogens with one attached hydrogen (secondary N) is 1. The topological polar surface area (TPSA) is 336 Å². The molecule has 0 aromatic heterocycles. The van der Waals surface area contributed by atoms with E-state index in [-0.39, 0.29) is 0 Å². The lowest BCUT2D eigenvalue weighted by Gasteiger charge is -2.50. The van der Waals surface area contributed by atoms with Gasteiger partial charge in [0.05, 0.1) is 25.9 Å². The first kappa shape index (κ1) is 38.5. The van der Waals surface area contributed by atoms with Gasteiger partial charge in [-0.05, 0) is 6.92 Å². The van der Waals surface area contributed by atoms with Crippen molar-refractivity contribution in [3.63, 3.8) is 0 Å². The predicted octanol–water partition coefficient (Wildman–Crippen LogP) is -8.58. The van der Waals surface area contributed by atoms with E-state index in [1.165, 1.54) is 6.92 Å². The maximum absolute atomic E-state index is 12.3. The Labute approximate surface area is 267 Å². The summed E-state index contributed by atoms with van der Waals surface area (Å²) in [4.78, 5) is 12.3. The molecule has 0 spiro atoms. The van der Waals surface area contributed by atoms with Crippen LogP contribution in [0.3, 0.4) is 0 Å². The molecule has 4 rings (SSSR count). The van der Waals surface area contributed by atoms with Crippen LogP contribution in [0.5, 0.6) is 0 Å². The molecule has 21 heteroatoms. The minimum atomic E-state index is -2.01. The maximum atomic E-state index is 12.3. The third-order valence-corrected chi connectivity index (χ3v) is 8.57. The highest BCUT2D eigenvalue weighted by Crippen LogP contribution is 2.34. The van der Waals surface area contributed by atoms with Gasteiger partial charge in [0.25, 0.3) is 0 Å². The Morgan fingerprint density at radius 2 is 1.02 bits per heavy atom. The van der Waals surface area contributed by atoms with Crippen molar-refractivity contribution in [2.45, 2.75) is 137 Å². The van der Waals surface area contributed by atoms with E-state index in [4.69, 9.17) is 33.2 Å². The lowest BCUT2D eigenvalue weighted by atomic mass is 9.94. The normalized spacial score (nSPS) is 51.0. The average Bonchev–Trinajstić information content (AvgIpc) is 3.03. The predicted molar refractivity (Wildman–Crippen MR) is 144 cm³/mol. The van der Waals surface area contributed by atoms with Gasteiger partial charge >= 0.3 is 0 Å². The van der Waals surface area contributed by atoms with Crippen molar-refractivity contribution in [2.75, 3.05) is 19.8 Å². The van der Waals surface area contributed by atoms with Crippen molar-refractivity contribution in [2.24, 2.45) is 0 Å². The van der Waals surface area contributed by atoms with Gasteiger partial charge in [0.2, 0.25) is 5.91 Å². The van der Waals surface area contributed by atoms with E-state index < -0.39 is 148 Å². The first-order valence-corrected chi connectivity index (χ1v) is 15.0. The molecule has 20 atom stereocenters. The molecule has 4 aliphatic rings. The van der Waals surface area contributed by atoms with Crippen LogP contribution in [0.25, 0.3) is 0 Å². The molecule has 13 N–H and O–H groups in total. The zero-order valence-electron chi connectivity index (χ0n) is 25.3. The summed E-state index contributed by atoms with van der Waals surface area (Å²) < 4.78 is 38.7. The fourth-order valence-electron chi connectivity index (χ4n) is 5.87. The Morgan fingerprint density at radius 3 is 1.57 bits per heavy atom. The fourth-order valence-corrected chi connectivity index (χ4v) is 5.87. The Balaban J connectivity index is 1.60. The van der Waals surface area contributed by atoms with E-state index in [1.54, 1.807) is 0 Å². The Hall–Kier alpha value is -1.29. The van der Waals surface area contributed by atoms with Gasteiger partial charge in [-0.25, -0.2) is 0 Å². The van der Waals surface area contributed by atoms with Gasteiger partial charge in [-0.15, -0.1) is 0 Å². The highest BCUT2D eigenvalue weighted by atomic mass is 16.8. The van der Waals surface area contributed by atoms with Gasteiger partial charge in [-0.3, -0.25) is 4.79 Å². The first-order valence-electron chi connectivity index (χ1n) is 15.0. The second kappa shape index (κ2) is 16.2. The molecule has 1 unspecified atom stereocenters. The van der Waals surface area contributed by atoms with E-state index >= 15 is 0 Å². The first-order chi connectivity index (χ1) is 22.1. The number of hydrogen-bond donors (Lipinski definition) is 13. The molecule has 4 heterocycles. The van der Waals surface area contributed by atoms with Crippen molar-refractivity contribution in [1.82, 2.24) is 5.32 Å². The second-order valence-electron chi connectivity index (χ2n) is 11.9. The molecule has 0 bridgehead atoms. The van der Waals surface area contributed by atoms with E-state index in [2.05, 4.69) is 5.32 Å². The smallest absolute Gasteiger partial charge is 0.217 e. The molecular weight excluding hydrogens is 646 g/mol. The van der Waals surface area contributed by atoms with E-state index in [1.807, 2.05) is 0 Å². The van der Waals surface area contributed by atoms with Crippen LogP contribution in [-0.2, 0) is 38.0 Å². The molecule has 4 aliphatic heterocycles. The minimum absolute atomic E-state index is 0.750. The molecule has 21 nitrogen and oxygen atoms in total. The number of aliphatic hydroxyl groups is 12. The van der Waals surface area contributed by atoms with Gasteiger partial charge in [0.1, 0.15) is 91.5 Å². The van der Waals surface area contributed by atoms with Crippen molar-refractivity contribution in [3.8, 4) is 0 Å². The molecule has 0 radical (unpaired) electrons. The van der Waals surface area contributed by atoms with Crippen LogP contribution in [0.4, 0.5) is 0 Å². The molecule has 274 valence electrons.